The van der Waals surface area contributed by atoms with Gasteiger partial charge in [0.15, 0.2) is 0 Å². The first-order valence-corrected chi connectivity index (χ1v) is 8.59. The van der Waals surface area contributed by atoms with Crippen LogP contribution in [0.4, 0.5) is 0 Å². The molecular weight excluding hydrogens is 268 g/mol. The zero-order chi connectivity index (χ0) is 13.6. The van der Waals surface area contributed by atoms with Crippen LogP contribution in [-0.2, 0) is 16.6 Å². The van der Waals surface area contributed by atoms with E-state index in [4.69, 9.17) is 0 Å². The maximum Gasteiger partial charge on any atom is 0.250 e. The van der Waals surface area contributed by atoms with E-state index in [0.717, 1.165) is 24.1 Å². The second-order valence-electron chi connectivity index (χ2n) is 4.27. The molecule has 0 radical (unpaired) electrons. The molecule has 1 rings (SSSR count). The lowest BCUT2D eigenvalue weighted by atomic mass is 10.1. The van der Waals surface area contributed by atoms with E-state index in [1.54, 1.807) is 6.07 Å². The minimum atomic E-state index is -3.35. The van der Waals surface area contributed by atoms with Crippen LogP contribution in [0.15, 0.2) is 16.3 Å². The molecule has 1 unspecified atom stereocenters. The van der Waals surface area contributed by atoms with Crippen molar-refractivity contribution in [2.45, 2.75) is 49.9 Å². The summed E-state index contributed by atoms with van der Waals surface area (Å²) in [6, 6.07) is 3.57. The molecule has 0 fully saturated rings. The van der Waals surface area contributed by atoms with Gasteiger partial charge in [-0.2, -0.15) is 0 Å². The Bertz CT molecular complexity index is 454. The highest BCUT2D eigenvalue weighted by Crippen LogP contribution is 2.22. The molecule has 1 atom stereocenters. The van der Waals surface area contributed by atoms with E-state index in [1.165, 1.54) is 11.3 Å². The summed E-state index contributed by atoms with van der Waals surface area (Å²) in [6.45, 7) is 4.77. The van der Waals surface area contributed by atoms with Crippen LogP contribution in [0.2, 0.25) is 0 Å². The van der Waals surface area contributed by atoms with Crippen molar-refractivity contribution in [1.29, 1.82) is 0 Å². The van der Waals surface area contributed by atoms with E-state index < -0.39 is 10.0 Å². The molecule has 0 spiro atoms. The first-order valence-electron chi connectivity index (χ1n) is 6.29. The van der Waals surface area contributed by atoms with Crippen molar-refractivity contribution in [3.8, 4) is 0 Å². The third-order valence-corrected chi connectivity index (χ3v) is 5.80. The van der Waals surface area contributed by atoms with Gasteiger partial charge in [-0.15, -0.1) is 11.3 Å². The van der Waals surface area contributed by atoms with Crippen molar-refractivity contribution < 1.29 is 8.42 Å². The van der Waals surface area contributed by atoms with Gasteiger partial charge >= 0.3 is 0 Å². The molecular formula is C12H22N2O2S2. The topological polar surface area (TPSA) is 58.2 Å². The molecule has 0 aliphatic heterocycles. The van der Waals surface area contributed by atoms with E-state index >= 15 is 0 Å². The number of rotatable bonds is 8. The molecule has 0 aromatic carbocycles. The first-order chi connectivity index (χ1) is 8.53. The third-order valence-electron chi connectivity index (χ3n) is 2.70. The average molecular weight is 290 g/mol. The van der Waals surface area contributed by atoms with Gasteiger partial charge in [-0.25, -0.2) is 13.1 Å². The minimum Gasteiger partial charge on any atom is -0.315 e. The Balaban J connectivity index is 2.78. The third kappa shape index (κ3) is 4.35. The molecule has 1 aromatic heterocycles. The Morgan fingerprint density at radius 3 is 2.61 bits per heavy atom. The second kappa shape index (κ2) is 7.23. The summed E-state index contributed by atoms with van der Waals surface area (Å²) < 4.78 is 27.5. The van der Waals surface area contributed by atoms with Crippen LogP contribution >= 0.6 is 11.3 Å². The van der Waals surface area contributed by atoms with Gasteiger partial charge in [0, 0.05) is 17.5 Å². The van der Waals surface area contributed by atoms with Crippen molar-refractivity contribution >= 4 is 21.4 Å². The Morgan fingerprint density at radius 1 is 1.33 bits per heavy atom. The van der Waals surface area contributed by atoms with Gasteiger partial charge in [0.25, 0.3) is 0 Å². The predicted molar refractivity (Wildman–Crippen MR) is 76.4 cm³/mol. The number of hydrogen-bond acceptors (Lipinski definition) is 4. The van der Waals surface area contributed by atoms with E-state index in [-0.39, 0.29) is 6.04 Å². The molecule has 1 aromatic rings. The minimum absolute atomic E-state index is 0.0369. The predicted octanol–water partition coefficient (Wildman–Crippen LogP) is 2.32. The number of sulfonamides is 1. The lowest BCUT2D eigenvalue weighted by Crippen LogP contribution is -2.33. The maximum absolute atomic E-state index is 12.2. The van der Waals surface area contributed by atoms with Crippen molar-refractivity contribution in [2.75, 3.05) is 7.05 Å². The Kier molecular flexibility index (Phi) is 6.28. The summed E-state index contributed by atoms with van der Waals surface area (Å²) in [5.41, 5.74) is 0. The van der Waals surface area contributed by atoms with Crippen LogP contribution in [0, 0.1) is 0 Å². The molecule has 0 saturated heterocycles. The summed E-state index contributed by atoms with van der Waals surface area (Å²) in [6.07, 6.45) is 2.68. The fourth-order valence-electron chi connectivity index (χ4n) is 1.74. The number of hydrogen-bond donors (Lipinski definition) is 2. The molecule has 104 valence electrons. The molecule has 0 aliphatic rings. The van der Waals surface area contributed by atoms with Gasteiger partial charge in [-0.05, 0) is 32.0 Å². The highest BCUT2D eigenvalue weighted by atomic mass is 32.2. The van der Waals surface area contributed by atoms with Crippen LogP contribution < -0.4 is 10.0 Å². The smallest absolute Gasteiger partial charge is 0.250 e. The van der Waals surface area contributed by atoms with Crippen molar-refractivity contribution in [3.05, 3.63) is 17.0 Å². The lowest BCUT2D eigenvalue weighted by Gasteiger charge is -2.15. The Hall–Kier alpha value is -0.430. The van der Waals surface area contributed by atoms with Crippen molar-refractivity contribution in [3.63, 3.8) is 0 Å². The standard InChI is InChI=1S/C12H22N2O2S2/c1-4-6-10(5-2)14-18(15,16)12-8-7-11(17-12)9-13-3/h7-8,10,13-14H,4-6,9H2,1-3H3. The van der Waals surface area contributed by atoms with Gasteiger partial charge < -0.3 is 5.32 Å². The first kappa shape index (κ1) is 15.6. The lowest BCUT2D eigenvalue weighted by molar-refractivity contribution is 0.513. The van der Waals surface area contributed by atoms with E-state index in [2.05, 4.69) is 17.0 Å². The molecule has 0 saturated carbocycles. The molecule has 2 N–H and O–H groups in total. The zero-order valence-corrected chi connectivity index (χ0v) is 12.8. The second-order valence-corrected chi connectivity index (χ2v) is 7.38. The van der Waals surface area contributed by atoms with E-state index in [9.17, 15) is 8.42 Å². The Labute approximate surface area is 114 Å². The molecule has 0 bridgehead atoms. The largest absolute Gasteiger partial charge is 0.315 e. The summed E-state index contributed by atoms with van der Waals surface area (Å²) in [5, 5.41) is 3.02. The summed E-state index contributed by atoms with van der Waals surface area (Å²) in [5.74, 6) is 0. The Morgan fingerprint density at radius 2 is 2.06 bits per heavy atom. The summed E-state index contributed by atoms with van der Waals surface area (Å²) in [4.78, 5) is 1.03. The maximum atomic E-state index is 12.2. The summed E-state index contributed by atoms with van der Waals surface area (Å²) >= 11 is 1.32. The molecule has 0 aliphatic carbocycles. The van der Waals surface area contributed by atoms with Gasteiger partial charge in [0.1, 0.15) is 4.21 Å². The number of nitrogens with one attached hydrogen (secondary N) is 2. The van der Waals surface area contributed by atoms with Crippen LogP contribution in [-0.4, -0.2) is 21.5 Å². The SMILES string of the molecule is CCCC(CC)NS(=O)(=O)c1ccc(CNC)s1. The van der Waals surface area contributed by atoms with Crippen LogP contribution in [0.1, 0.15) is 38.0 Å². The number of thiophene rings is 1. The monoisotopic (exact) mass is 290 g/mol. The van der Waals surface area contributed by atoms with Crippen LogP contribution in [0.25, 0.3) is 0 Å². The van der Waals surface area contributed by atoms with Gasteiger partial charge in [-0.3, -0.25) is 0 Å². The molecule has 4 nitrogen and oxygen atoms in total. The molecule has 18 heavy (non-hydrogen) atoms. The fourth-order valence-corrected chi connectivity index (χ4v) is 4.48. The van der Waals surface area contributed by atoms with Crippen LogP contribution in [0.3, 0.4) is 0 Å². The highest BCUT2D eigenvalue weighted by Gasteiger charge is 2.20. The van der Waals surface area contributed by atoms with Gasteiger partial charge in [0.2, 0.25) is 10.0 Å². The van der Waals surface area contributed by atoms with Gasteiger partial charge in [0.05, 0.1) is 0 Å². The van der Waals surface area contributed by atoms with E-state index in [0.29, 0.717) is 10.8 Å². The summed E-state index contributed by atoms with van der Waals surface area (Å²) in [7, 11) is -1.50. The quantitative estimate of drug-likeness (QED) is 0.772. The van der Waals surface area contributed by atoms with E-state index in [1.807, 2.05) is 20.0 Å². The van der Waals surface area contributed by atoms with Crippen molar-refractivity contribution in [1.82, 2.24) is 10.0 Å². The average Bonchev–Trinajstić information content (AvgIpc) is 2.78. The van der Waals surface area contributed by atoms with Crippen LogP contribution in [0.5, 0.6) is 0 Å². The highest BCUT2D eigenvalue weighted by molar-refractivity contribution is 7.91. The normalized spacial score (nSPS) is 13.7. The zero-order valence-electron chi connectivity index (χ0n) is 11.2. The fraction of sp³-hybridized carbons (Fsp3) is 0.667. The molecule has 6 heteroatoms. The van der Waals surface area contributed by atoms with Gasteiger partial charge in [-0.1, -0.05) is 20.3 Å². The van der Waals surface area contributed by atoms with Crippen molar-refractivity contribution in [2.24, 2.45) is 0 Å². The molecule has 1 heterocycles. The molecule has 0 amide bonds.